The summed E-state index contributed by atoms with van der Waals surface area (Å²) in [5, 5.41) is 1.25. The van der Waals surface area contributed by atoms with Gasteiger partial charge in [-0.2, -0.15) is 0 Å². The van der Waals surface area contributed by atoms with Gasteiger partial charge in [0, 0.05) is 0 Å². The van der Waals surface area contributed by atoms with Crippen molar-refractivity contribution >= 4 is 0 Å². The normalized spacial score (nSPS) is 9.17. The van der Waals surface area contributed by atoms with Crippen LogP contribution in [0.3, 0.4) is 0 Å². The van der Waals surface area contributed by atoms with Gasteiger partial charge in [0.05, 0.1) is 0 Å². The SMILES string of the molecule is CCCC[CH2][Rh]. The molecule has 0 amide bonds. The van der Waals surface area contributed by atoms with Crippen LogP contribution in [0.4, 0.5) is 0 Å². The minimum atomic E-state index is 1.25. The van der Waals surface area contributed by atoms with Crippen molar-refractivity contribution in [3.8, 4) is 0 Å². The van der Waals surface area contributed by atoms with Crippen LogP contribution in [-0.4, -0.2) is 0 Å². The molecular weight excluding hydrogens is 163 g/mol. The third kappa shape index (κ3) is 4.62. The second-order valence-electron chi connectivity index (χ2n) is 1.37. The molecule has 0 saturated carbocycles. The van der Waals surface area contributed by atoms with E-state index in [1.807, 2.05) is 0 Å². The quantitative estimate of drug-likeness (QED) is 0.454. The molecule has 0 rings (SSSR count). The number of hydrogen-bond donors (Lipinski definition) is 0. The third-order valence-electron chi connectivity index (χ3n) is 0.721. The Hall–Kier alpha value is 0.623. The first kappa shape index (κ1) is 6.62. The van der Waals surface area contributed by atoms with Crippen molar-refractivity contribution in [2.24, 2.45) is 0 Å². The van der Waals surface area contributed by atoms with Crippen LogP contribution < -0.4 is 0 Å². The van der Waals surface area contributed by atoms with E-state index in [0.717, 1.165) is 0 Å². The molecule has 0 aromatic rings. The van der Waals surface area contributed by atoms with Crippen LogP contribution in [0.5, 0.6) is 0 Å². The Morgan fingerprint density at radius 3 is 2.17 bits per heavy atom. The third-order valence-corrected chi connectivity index (χ3v) is 1.30. The molecule has 0 bridgehead atoms. The number of rotatable bonds is 3. The van der Waals surface area contributed by atoms with Crippen LogP contribution >= 0.6 is 0 Å². The van der Waals surface area contributed by atoms with Gasteiger partial charge in [0.1, 0.15) is 0 Å². The zero-order valence-corrected chi connectivity index (χ0v) is 5.80. The molecule has 0 aromatic carbocycles. The standard InChI is InChI=1S/C5H11.Rh/c1-3-5-4-2;/h1,3-5H2,2H3;. The van der Waals surface area contributed by atoms with Crippen molar-refractivity contribution < 1.29 is 18.3 Å². The molecule has 40 valence electrons. The fourth-order valence-electron chi connectivity index (χ4n) is 0.333. The van der Waals surface area contributed by atoms with E-state index in [1.165, 1.54) is 24.3 Å². The molecule has 0 N–H and O–H groups in total. The average molecular weight is 174 g/mol. The molecular formula is C5H11Rh. The fraction of sp³-hybridized carbons (Fsp3) is 1.00. The van der Waals surface area contributed by atoms with Crippen LogP contribution in [-0.2, 0) is 18.3 Å². The Morgan fingerprint density at radius 1 is 1.33 bits per heavy atom. The van der Waals surface area contributed by atoms with E-state index >= 15 is 0 Å². The monoisotopic (exact) mass is 174 g/mol. The second kappa shape index (κ2) is 5.62. The number of unbranched alkanes of at least 4 members (excludes halogenated alkanes) is 2. The average Bonchev–Trinajstić information content (AvgIpc) is 1.61. The summed E-state index contributed by atoms with van der Waals surface area (Å²) in [5.74, 6) is 0. The van der Waals surface area contributed by atoms with E-state index in [-0.39, 0.29) is 0 Å². The molecule has 6 heavy (non-hydrogen) atoms. The van der Waals surface area contributed by atoms with Gasteiger partial charge in [0.15, 0.2) is 0 Å². The van der Waals surface area contributed by atoms with Gasteiger partial charge in [0.25, 0.3) is 0 Å². The van der Waals surface area contributed by atoms with Gasteiger partial charge in [-0.15, -0.1) is 0 Å². The molecule has 0 spiro atoms. The summed E-state index contributed by atoms with van der Waals surface area (Å²) in [6.45, 7) is 2.22. The molecule has 1 heteroatoms. The van der Waals surface area contributed by atoms with Gasteiger partial charge < -0.3 is 0 Å². The summed E-state index contributed by atoms with van der Waals surface area (Å²) in [6.07, 6.45) is 4.09. The van der Waals surface area contributed by atoms with Crippen molar-refractivity contribution in [1.29, 1.82) is 0 Å². The summed E-state index contributed by atoms with van der Waals surface area (Å²) >= 11 is 2.89. The fourth-order valence-corrected chi connectivity index (χ4v) is 0.743. The van der Waals surface area contributed by atoms with Gasteiger partial charge in [0.2, 0.25) is 0 Å². The molecule has 0 aromatic heterocycles. The molecule has 0 aliphatic carbocycles. The Bertz CT molecular complexity index is 15.9. The van der Waals surface area contributed by atoms with Crippen LogP contribution in [0.1, 0.15) is 26.2 Å². The molecule has 0 nitrogen and oxygen atoms in total. The summed E-state index contributed by atoms with van der Waals surface area (Å²) in [6, 6.07) is 0. The van der Waals surface area contributed by atoms with Gasteiger partial charge >= 0.3 is 49.5 Å². The van der Waals surface area contributed by atoms with Crippen molar-refractivity contribution in [1.82, 2.24) is 0 Å². The Labute approximate surface area is 50.0 Å². The minimum absolute atomic E-state index is 1.25. The van der Waals surface area contributed by atoms with Gasteiger partial charge in [-0.25, -0.2) is 0 Å². The predicted octanol–water partition coefficient (Wildman–Crippen LogP) is 2.14. The Morgan fingerprint density at radius 2 is 2.00 bits per heavy atom. The molecule has 0 radical (unpaired) electrons. The first-order valence-electron chi connectivity index (χ1n) is 2.44. The van der Waals surface area contributed by atoms with Gasteiger partial charge in [-0.3, -0.25) is 0 Å². The predicted molar refractivity (Wildman–Crippen MR) is 24.3 cm³/mol. The Kier molecular flexibility index (Phi) is 6.21. The van der Waals surface area contributed by atoms with Gasteiger partial charge in [-0.05, 0) is 0 Å². The van der Waals surface area contributed by atoms with Crippen molar-refractivity contribution in [3.63, 3.8) is 0 Å². The van der Waals surface area contributed by atoms with E-state index in [4.69, 9.17) is 0 Å². The molecule has 0 heterocycles. The zero-order valence-electron chi connectivity index (χ0n) is 4.16. The summed E-state index contributed by atoms with van der Waals surface area (Å²) in [4.78, 5) is 0. The summed E-state index contributed by atoms with van der Waals surface area (Å²) in [5.41, 5.74) is 0. The van der Waals surface area contributed by atoms with E-state index in [1.54, 1.807) is 0 Å². The molecule has 0 aliphatic heterocycles. The van der Waals surface area contributed by atoms with E-state index < -0.39 is 0 Å². The zero-order chi connectivity index (χ0) is 4.83. The molecule has 0 aliphatic rings. The van der Waals surface area contributed by atoms with E-state index in [0.29, 0.717) is 0 Å². The van der Waals surface area contributed by atoms with Crippen molar-refractivity contribution in [2.75, 3.05) is 0 Å². The van der Waals surface area contributed by atoms with Crippen molar-refractivity contribution in [2.45, 2.75) is 31.2 Å². The van der Waals surface area contributed by atoms with Gasteiger partial charge in [-0.1, -0.05) is 0 Å². The second-order valence-corrected chi connectivity index (χ2v) is 2.19. The summed E-state index contributed by atoms with van der Waals surface area (Å²) in [7, 11) is 0. The van der Waals surface area contributed by atoms with E-state index in [9.17, 15) is 0 Å². The topological polar surface area (TPSA) is 0 Å². The molecule has 0 unspecified atom stereocenters. The van der Waals surface area contributed by atoms with Crippen LogP contribution in [0, 0.1) is 0 Å². The first-order chi connectivity index (χ1) is 2.91. The van der Waals surface area contributed by atoms with Crippen LogP contribution in [0.15, 0.2) is 0 Å². The van der Waals surface area contributed by atoms with Crippen molar-refractivity contribution in [3.05, 3.63) is 0 Å². The molecule has 0 saturated heterocycles. The Balaban J connectivity index is 2.34. The first-order valence-corrected chi connectivity index (χ1v) is 3.60. The molecule has 0 atom stereocenters. The van der Waals surface area contributed by atoms with E-state index in [2.05, 4.69) is 25.2 Å². The summed E-state index contributed by atoms with van der Waals surface area (Å²) < 4.78 is 0. The maximum absolute atomic E-state index is 2.89. The number of hydrogen-bond acceptors (Lipinski definition) is 0. The van der Waals surface area contributed by atoms with Crippen LogP contribution in [0.2, 0.25) is 5.02 Å². The van der Waals surface area contributed by atoms with Crippen LogP contribution in [0.25, 0.3) is 0 Å². The molecule has 0 fully saturated rings. The maximum atomic E-state index is 2.89.